The number of hydrogen-bond acceptors (Lipinski definition) is 3. The number of nitrogens with two attached hydrogens (primary N) is 1. The van der Waals surface area contributed by atoms with Gasteiger partial charge in [-0.1, -0.05) is 36.4 Å². The summed E-state index contributed by atoms with van der Waals surface area (Å²) >= 11 is 0. The highest BCUT2D eigenvalue weighted by atomic mass is 16.3. The van der Waals surface area contributed by atoms with Gasteiger partial charge in [-0.3, -0.25) is 0 Å². The van der Waals surface area contributed by atoms with Gasteiger partial charge in [0.2, 0.25) is 5.89 Å². The van der Waals surface area contributed by atoms with Crippen molar-refractivity contribution in [3.05, 3.63) is 60.2 Å². The van der Waals surface area contributed by atoms with E-state index in [0.717, 1.165) is 27.6 Å². The molecule has 0 bridgehead atoms. The third-order valence-electron chi connectivity index (χ3n) is 3.72. The van der Waals surface area contributed by atoms with Crippen molar-refractivity contribution < 1.29 is 4.42 Å². The highest BCUT2D eigenvalue weighted by molar-refractivity contribution is 5.96. The summed E-state index contributed by atoms with van der Waals surface area (Å²) in [6.45, 7) is 1.98. The Labute approximate surface area is 122 Å². The Hall–Kier alpha value is -2.81. The molecule has 0 atom stereocenters. The average molecular weight is 274 g/mol. The molecule has 0 saturated carbocycles. The fourth-order valence-electron chi connectivity index (χ4n) is 2.75. The Bertz CT molecular complexity index is 964. The summed E-state index contributed by atoms with van der Waals surface area (Å²) in [5, 5.41) is 2.31. The van der Waals surface area contributed by atoms with Crippen molar-refractivity contribution in [2.24, 2.45) is 0 Å². The number of nitrogen functional groups attached to an aromatic ring is 1. The van der Waals surface area contributed by atoms with Crippen LogP contribution in [-0.2, 0) is 0 Å². The monoisotopic (exact) mass is 274 g/mol. The van der Waals surface area contributed by atoms with Crippen molar-refractivity contribution in [3.8, 4) is 11.5 Å². The summed E-state index contributed by atoms with van der Waals surface area (Å²) in [6.07, 6.45) is 0. The molecular formula is C18H14N2O. The largest absolute Gasteiger partial charge is 0.436 e. The van der Waals surface area contributed by atoms with Crippen LogP contribution in [0.5, 0.6) is 0 Å². The molecule has 0 radical (unpaired) electrons. The van der Waals surface area contributed by atoms with Crippen LogP contribution in [0.2, 0.25) is 0 Å². The lowest BCUT2D eigenvalue weighted by atomic mass is 10.0. The van der Waals surface area contributed by atoms with Crippen LogP contribution in [0.1, 0.15) is 5.56 Å². The number of hydrogen-bond donors (Lipinski definition) is 1. The molecule has 0 aliphatic heterocycles. The minimum atomic E-state index is 0.635. The smallest absolute Gasteiger partial charge is 0.227 e. The number of aromatic nitrogens is 1. The van der Waals surface area contributed by atoms with E-state index < -0.39 is 0 Å². The standard InChI is InChI=1S/C18H14N2O/c1-11-9-13(19)10-16-17(11)21-18(20-16)15-8-4-6-12-5-2-3-7-14(12)15/h2-10H,19H2,1H3. The number of fused-ring (bicyclic) bond motifs is 2. The van der Waals surface area contributed by atoms with Crippen molar-refractivity contribution in [1.29, 1.82) is 0 Å². The Kier molecular flexibility index (Phi) is 2.48. The fraction of sp³-hybridized carbons (Fsp3) is 0.0556. The number of rotatable bonds is 1. The summed E-state index contributed by atoms with van der Waals surface area (Å²) < 4.78 is 5.98. The van der Waals surface area contributed by atoms with E-state index >= 15 is 0 Å². The Morgan fingerprint density at radius 2 is 1.81 bits per heavy atom. The zero-order valence-electron chi connectivity index (χ0n) is 11.6. The van der Waals surface area contributed by atoms with Gasteiger partial charge in [0, 0.05) is 11.3 Å². The molecule has 4 rings (SSSR count). The number of benzene rings is 3. The van der Waals surface area contributed by atoms with Crippen LogP contribution in [0.4, 0.5) is 5.69 Å². The number of nitrogens with zero attached hydrogens (tertiary/aromatic N) is 1. The van der Waals surface area contributed by atoms with Crippen molar-refractivity contribution in [3.63, 3.8) is 0 Å². The molecule has 3 heteroatoms. The van der Waals surface area contributed by atoms with Crippen LogP contribution in [-0.4, -0.2) is 4.98 Å². The van der Waals surface area contributed by atoms with E-state index in [0.29, 0.717) is 11.6 Å². The van der Waals surface area contributed by atoms with Gasteiger partial charge in [0.05, 0.1) is 0 Å². The molecule has 3 aromatic carbocycles. The van der Waals surface area contributed by atoms with Gasteiger partial charge < -0.3 is 10.2 Å². The highest BCUT2D eigenvalue weighted by Gasteiger charge is 2.13. The first-order valence-corrected chi connectivity index (χ1v) is 6.87. The van der Waals surface area contributed by atoms with Crippen molar-refractivity contribution in [1.82, 2.24) is 4.98 Å². The van der Waals surface area contributed by atoms with Crippen LogP contribution in [0, 0.1) is 6.92 Å². The Morgan fingerprint density at radius 3 is 2.71 bits per heavy atom. The lowest BCUT2D eigenvalue weighted by molar-refractivity contribution is 0.618. The predicted molar refractivity (Wildman–Crippen MR) is 86.1 cm³/mol. The van der Waals surface area contributed by atoms with Gasteiger partial charge in [0.1, 0.15) is 5.52 Å². The average Bonchev–Trinajstić information content (AvgIpc) is 2.90. The molecule has 2 N–H and O–H groups in total. The molecule has 21 heavy (non-hydrogen) atoms. The zero-order valence-corrected chi connectivity index (χ0v) is 11.6. The molecule has 0 spiro atoms. The summed E-state index contributed by atoms with van der Waals surface area (Å²) in [6, 6.07) is 18.1. The molecule has 4 aromatic rings. The summed E-state index contributed by atoms with van der Waals surface area (Å²) in [5.74, 6) is 0.635. The molecule has 1 heterocycles. The second kappa shape index (κ2) is 4.35. The maximum absolute atomic E-state index is 5.98. The zero-order chi connectivity index (χ0) is 14.4. The Morgan fingerprint density at radius 1 is 1.00 bits per heavy atom. The minimum absolute atomic E-state index is 0.635. The molecule has 0 unspecified atom stereocenters. The summed E-state index contributed by atoms with van der Waals surface area (Å²) in [7, 11) is 0. The highest BCUT2D eigenvalue weighted by Crippen LogP contribution is 2.32. The molecular weight excluding hydrogens is 260 g/mol. The van der Waals surface area contributed by atoms with Gasteiger partial charge in [0.15, 0.2) is 5.58 Å². The number of aryl methyl sites for hydroxylation is 1. The first-order valence-electron chi connectivity index (χ1n) is 6.87. The third-order valence-corrected chi connectivity index (χ3v) is 3.72. The normalized spacial score (nSPS) is 11.3. The van der Waals surface area contributed by atoms with E-state index in [2.05, 4.69) is 23.2 Å². The molecule has 0 amide bonds. The topological polar surface area (TPSA) is 52.0 Å². The molecule has 0 aliphatic rings. The van der Waals surface area contributed by atoms with E-state index in [9.17, 15) is 0 Å². The van der Waals surface area contributed by atoms with Crippen LogP contribution >= 0.6 is 0 Å². The predicted octanol–water partition coefficient (Wildman–Crippen LogP) is 4.54. The number of anilines is 1. The Balaban J connectivity index is 2.03. The fourth-order valence-corrected chi connectivity index (χ4v) is 2.75. The first kappa shape index (κ1) is 12.0. The molecule has 0 saturated heterocycles. The van der Waals surface area contributed by atoms with Crippen LogP contribution in [0.15, 0.2) is 59.0 Å². The van der Waals surface area contributed by atoms with E-state index in [4.69, 9.17) is 10.2 Å². The van der Waals surface area contributed by atoms with Crippen molar-refractivity contribution >= 4 is 27.6 Å². The SMILES string of the molecule is Cc1cc(N)cc2nc(-c3cccc4ccccc34)oc12. The van der Waals surface area contributed by atoms with Gasteiger partial charge in [0.25, 0.3) is 0 Å². The second-order valence-corrected chi connectivity index (χ2v) is 5.23. The van der Waals surface area contributed by atoms with E-state index in [1.807, 2.05) is 43.3 Å². The molecule has 102 valence electrons. The van der Waals surface area contributed by atoms with Crippen LogP contribution in [0.25, 0.3) is 33.3 Å². The van der Waals surface area contributed by atoms with Gasteiger partial charge in [-0.2, -0.15) is 0 Å². The second-order valence-electron chi connectivity index (χ2n) is 5.23. The summed E-state index contributed by atoms with van der Waals surface area (Å²) in [4.78, 5) is 4.61. The molecule has 3 nitrogen and oxygen atoms in total. The van der Waals surface area contributed by atoms with Gasteiger partial charge in [-0.25, -0.2) is 4.98 Å². The van der Waals surface area contributed by atoms with Crippen molar-refractivity contribution in [2.45, 2.75) is 6.92 Å². The van der Waals surface area contributed by atoms with Crippen LogP contribution in [0.3, 0.4) is 0 Å². The quantitative estimate of drug-likeness (QED) is 0.518. The van der Waals surface area contributed by atoms with E-state index in [1.165, 1.54) is 5.39 Å². The molecule has 1 aromatic heterocycles. The maximum Gasteiger partial charge on any atom is 0.227 e. The van der Waals surface area contributed by atoms with Gasteiger partial charge in [-0.15, -0.1) is 0 Å². The van der Waals surface area contributed by atoms with E-state index in [1.54, 1.807) is 0 Å². The third kappa shape index (κ3) is 1.86. The number of oxazole rings is 1. The molecule has 0 aliphatic carbocycles. The summed E-state index contributed by atoms with van der Waals surface area (Å²) in [5.41, 5.74) is 10.2. The lowest BCUT2D eigenvalue weighted by Crippen LogP contribution is -1.85. The van der Waals surface area contributed by atoms with Gasteiger partial charge >= 0.3 is 0 Å². The maximum atomic E-state index is 5.98. The van der Waals surface area contributed by atoms with Crippen molar-refractivity contribution in [2.75, 3.05) is 5.73 Å². The molecule has 0 fully saturated rings. The van der Waals surface area contributed by atoms with Gasteiger partial charge in [-0.05, 0) is 41.5 Å². The lowest BCUT2D eigenvalue weighted by Gasteiger charge is -2.02. The first-order chi connectivity index (χ1) is 10.2. The minimum Gasteiger partial charge on any atom is -0.436 e. The van der Waals surface area contributed by atoms with Crippen LogP contribution < -0.4 is 5.73 Å². The van der Waals surface area contributed by atoms with E-state index in [-0.39, 0.29) is 0 Å².